The fraction of sp³-hybridized carbons (Fsp3) is 0.938. The summed E-state index contributed by atoms with van der Waals surface area (Å²) >= 11 is 0. The van der Waals surface area contributed by atoms with Crippen LogP contribution >= 0.6 is 0 Å². The van der Waals surface area contributed by atoms with Crippen LogP contribution in [0, 0.1) is 23.2 Å². The van der Waals surface area contributed by atoms with Crippen LogP contribution in [0.1, 0.15) is 67.2 Å². The molecule has 3 aliphatic rings. The molecule has 0 amide bonds. The Balaban J connectivity index is 1.96. The fourth-order valence-corrected chi connectivity index (χ4v) is 7.43. The Morgan fingerprint density at radius 3 is 2.17 bits per heavy atom. The number of rotatable bonds is 6. The van der Waals surface area contributed by atoms with Crippen molar-refractivity contribution in [1.82, 2.24) is 14.7 Å². The second-order valence-electron chi connectivity index (χ2n) is 14.7. The number of carbonyl (C=O) groups excluding carboxylic acids is 2. The van der Waals surface area contributed by atoms with Crippen LogP contribution in [0.25, 0.3) is 0 Å². The lowest BCUT2D eigenvalue weighted by molar-refractivity contribution is -0.295. The highest BCUT2D eigenvalue weighted by molar-refractivity contribution is 6.04. The predicted molar refractivity (Wildman–Crippen MR) is 162 cm³/mol. The molecule has 1 saturated carbocycles. The summed E-state index contributed by atoms with van der Waals surface area (Å²) in [5.41, 5.74) is -2.29. The van der Waals surface area contributed by atoms with Crippen molar-refractivity contribution in [1.29, 1.82) is 0 Å². The number of esters is 1. The Morgan fingerprint density at radius 1 is 1.00 bits per heavy atom. The maximum atomic E-state index is 14.1. The van der Waals surface area contributed by atoms with Crippen molar-refractivity contribution in [2.45, 2.75) is 116 Å². The first kappa shape index (κ1) is 35.3. The second kappa shape index (κ2) is 13.9. The highest BCUT2D eigenvalue weighted by atomic mass is 16.7. The lowest BCUT2D eigenvalue weighted by Gasteiger charge is -2.47. The van der Waals surface area contributed by atoms with E-state index in [1.165, 1.54) is 0 Å². The quantitative estimate of drug-likeness (QED) is 0.363. The van der Waals surface area contributed by atoms with Crippen molar-refractivity contribution in [2.75, 3.05) is 55.5 Å². The highest BCUT2D eigenvalue weighted by Crippen LogP contribution is 2.40. The van der Waals surface area contributed by atoms with Gasteiger partial charge in [0, 0.05) is 37.7 Å². The Kier molecular flexibility index (Phi) is 11.7. The third kappa shape index (κ3) is 7.56. The maximum absolute atomic E-state index is 14.1. The number of ether oxygens (including phenoxy) is 4. The van der Waals surface area contributed by atoms with Gasteiger partial charge in [0.25, 0.3) is 0 Å². The van der Waals surface area contributed by atoms with Gasteiger partial charge in [-0.25, -0.2) is 0 Å². The summed E-state index contributed by atoms with van der Waals surface area (Å²) in [5, 5.41) is 11.3. The van der Waals surface area contributed by atoms with Gasteiger partial charge in [-0.05, 0) is 100 Å². The van der Waals surface area contributed by atoms with E-state index in [1.54, 1.807) is 27.9 Å². The second-order valence-corrected chi connectivity index (χ2v) is 14.7. The van der Waals surface area contributed by atoms with E-state index in [1.807, 2.05) is 32.8 Å². The number of aliphatic hydroxyl groups is 1. The first-order valence-corrected chi connectivity index (χ1v) is 15.7. The van der Waals surface area contributed by atoms with E-state index in [-0.39, 0.29) is 36.5 Å². The maximum Gasteiger partial charge on any atom is 0.319 e. The molecule has 2 heterocycles. The number of hydrogen-bond donors (Lipinski definition) is 1. The topological polar surface area (TPSA) is 101 Å². The monoisotopic (exact) mass is 597 g/mol. The van der Waals surface area contributed by atoms with Crippen molar-refractivity contribution in [3.63, 3.8) is 0 Å². The lowest BCUT2D eigenvalue weighted by Crippen LogP contribution is -2.59. The number of methoxy groups -OCH3 is 1. The number of likely N-dealkylation sites (N-methyl/N-ethyl adjacent to an activating group) is 2. The van der Waals surface area contributed by atoms with Gasteiger partial charge >= 0.3 is 5.97 Å². The van der Waals surface area contributed by atoms with Crippen molar-refractivity contribution >= 4 is 11.8 Å². The minimum atomic E-state index is -1.39. The normalized spacial score (nSPS) is 42.8. The van der Waals surface area contributed by atoms with Crippen LogP contribution in [-0.2, 0) is 28.5 Å². The zero-order valence-electron chi connectivity index (χ0n) is 28.3. The molecule has 10 heteroatoms. The van der Waals surface area contributed by atoms with E-state index >= 15 is 0 Å². The summed E-state index contributed by atoms with van der Waals surface area (Å²) in [6.45, 7) is 12.2. The average Bonchev–Trinajstić information content (AvgIpc) is 2.87. The number of hydrogen-bond acceptors (Lipinski definition) is 10. The van der Waals surface area contributed by atoms with E-state index in [0.29, 0.717) is 24.8 Å². The zero-order valence-corrected chi connectivity index (χ0v) is 28.3. The molecule has 9 atom stereocenters. The minimum absolute atomic E-state index is 0.0627. The summed E-state index contributed by atoms with van der Waals surface area (Å²) < 4.78 is 24.9. The van der Waals surface area contributed by atoms with E-state index in [4.69, 9.17) is 18.9 Å². The summed E-state index contributed by atoms with van der Waals surface area (Å²) in [5.74, 6) is -0.960. The van der Waals surface area contributed by atoms with Crippen LogP contribution < -0.4 is 0 Å². The Labute approximate surface area is 254 Å². The Bertz CT molecular complexity index is 924. The van der Waals surface area contributed by atoms with E-state index in [0.717, 1.165) is 19.4 Å². The summed E-state index contributed by atoms with van der Waals surface area (Å²) in [7, 11) is 11.8. The predicted octanol–water partition coefficient (Wildman–Crippen LogP) is 2.66. The van der Waals surface area contributed by atoms with Crippen LogP contribution in [-0.4, -0.2) is 135 Å². The molecule has 3 fully saturated rings. The number of cyclic esters (lactones) is 1. The molecular formula is C32H59N3O7. The summed E-state index contributed by atoms with van der Waals surface area (Å²) in [6.07, 6.45) is 0.575. The molecule has 0 bridgehead atoms. The first-order valence-electron chi connectivity index (χ1n) is 15.7. The Morgan fingerprint density at radius 2 is 1.62 bits per heavy atom. The van der Waals surface area contributed by atoms with E-state index < -0.39 is 41.4 Å². The van der Waals surface area contributed by atoms with Gasteiger partial charge in [0.15, 0.2) is 12.1 Å². The van der Waals surface area contributed by atoms with Gasteiger partial charge in [-0.3, -0.25) is 14.5 Å². The largest absolute Gasteiger partial charge is 0.463 e. The number of nitrogens with zero attached hydrogens (tertiary/aromatic N) is 3. The SMILES string of the molecule is CO[C@]1(C)C[C@@H](C)CN(C)[C@H]([C@H]2C[C@H](N(C)C)C2)COC(=O)C(C)(C)C(=O)[C@H](C)[C@H]1O[C@@H]1O[C@H](C)C[C@H](N(C)C)[C@H]1O. The van der Waals surface area contributed by atoms with Gasteiger partial charge in [0.2, 0.25) is 0 Å². The number of ketones is 1. The molecule has 0 radical (unpaired) electrons. The van der Waals surface area contributed by atoms with E-state index in [9.17, 15) is 14.7 Å². The van der Waals surface area contributed by atoms with Crippen LogP contribution in [0.2, 0.25) is 0 Å². The molecule has 0 unspecified atom stereocenters. The first-order chi connectivity index (χ1) is 19.4. The summed E-state index contributed by atoms with van der Waals surface area (Å²) in [6, 6.07) is 0.428. The van der Waals surface area contributed by atoms with Crippen molar-refractivity contribution in [3.8, 4) is 0 Å². The number of carbonyl (C=O) groups is 2. The van der Waals surface area contributed by atoms with Gasteiger partial charge in [-0.1, -0.05) is 13.8 Å². The molecule has 0 aromatic rings. The van der Waals surface area contributed by atoms with Crippen molar-refractivity contribution in [2.24, 2.45) is 23.2 Å². The molecule has 2 saturated heterocycles. The van der Waals surface area contributed by atoms with Gasteiger partial charge in [0.1, 0.15) is 18.1 Å². The minimum Gasteiger partial charge on any atom is -0.463 e. The molecule has 244 valence electrons. The molecule has 3 rings (SSSR count). The third-order valence-corrected chi connectivity index (χ3v) is 10.3. The van der Waals surface area contributed by atoms with Gasteiger partial charge in [0.05, 0.1) is 17.8 Å². The molecule has 1 aliphatic carbocycles. The molecule has 10 nitrogen and oxygen atoms in total. The van der Waals surface area contributed by atoms with Gasteiger partial charge < -0.3 is 33.9 Å². The molecule has 0 aromatic heterocycles. The molecule has 1 N–H and O–H groups in total. The molecule has 2 aliphatic heterocycles. The van der Waals surface area contributed by atoms with Gasteiger partial charge in [-0.2, -0.15) is 0 Å². The highest BCUT2D eigenvalue weighted by Gasteiger charge is 2.52. The van der Waals surface area contributed by atoms with Crippen LogP contribution in [0.4, 0.5) is 0 Å². The summed E-state index contributed by atoms with van der Waals surface area (Å²) in [4.78, 5) is 34.2. The van der Waals surface area contributed by atoms with Crippen molar-refractivity contribution in [3.05, 3.63) is 0 Å². The smallest absolute Gasteiger partial charge is 0.319 e. The standard InChI is InChI=1S/C32H59N3O7/c1-19-16-32(6,39-12)28(42-29-26(36)24(34(9)10)13-20(2)41-29)21(3)27(37)31(4,5)30(38)40-18-25(35(11)17-19)22-14-23(15-22)33(7)8/h19-26,28-29,36H,13-18H2,1-12H3/t19-,20-,21+,22-,23-,24+,25+,26-,28-,29+,32-/m1/s1. The van der Waals surface area contributed by atoms with Crippen LogP contribution in [0.3, 0.4) is 0 Å². The zero-order chi connectivity index (χ0) is 31.7. The molecule has 0 aromatic carbocycles. The van der Waals surface area contributed by atoms with Crippen LogP contribution in [0.15, 0.2) is 0 Å². The fourth-order valence-electron chi connectivity index (χ4n) is 7.43. The molecular weight excluding hydrogens is 538 g/mol. The Hall–Kier alpha value is -1.14. The number of aliphatic hydroxyl groups excluding tert-OH is 1. The van der Waals surface area contributed by atoms with Crippen LogP contribution in [0.5, 0.6) is 0 Å². The molecule has 42 heavy (non-hydrogen) atoms. The number of Topliss-reactive ketones (excluding diaryl/α,β-unsaturated/α-hetero) is 1. The third-order valence-electron chi connectivity index (χ3n) is 10.3. The molecule has 0 spiro atoms. The van der Waals surface area contributed by atoms with Gasteiger partial charge in [-0.15, -0.1) is 0 Å². The van der Waals surface area contributed by atoms with Crippen molar-refractivity contribution < 1.29 is 33.6 Å². The van der Waals surface area contributed by atoms with E-state index in [2.05, 4.69) is 37.9 Å². The average molecular weight is 598 g/mol. The lowest BCUT2D eigenvalue weighted by atomic mass is 9.74.